The molecule has 1 heterocycles. The lowest BCUT2D eigenvalue weighted by Gasteiger charge is -2.11. The van der Waals surface area contributed by atoms with Crippen LogP contribution in [-0.4, -0.2) is 5.91 Å². The Bertz CT molecular complexity index is 580. The molecule has 2 aromatic rings. The first-order chi connectivity index (χ1) is 8.25. The first-order valence-electron chi connectivity index (χ1n) is 5.41. The van der Waals surface area contributed by atoms with Crippen LogP contribution in [0.1, 0.15) is 27.5 Å². The van der Waals surface area contributed by atoms with Gasteiger partial charge in [0.15, 0.2) is 0 Å². The maximum atomic E-state index is 11.8. The van der Waals surface area contributed by atoms with E-state index >= 15 is 0 Å². The summed E-state index contributed by atoms with van der Waals surface area (Å²) in [5.74, 6) is -0.0589. The molecular formula is C14H10ClNO. The summed E-state index contributed by atoms with van der Waals surface area (Å²) in [4.78, 5) is 11.8. The van der Waals surface area contributed by atoms with E-state index in [1.165, 1.54) is 0 Å². The highest BCUT2D eigenvalue weighted by Crippen LogP contribution is 2.32. The number of benzene rings is 2. The van der Waals surface area contributed by atoms with Gasteiger partial charge in [0.2, 0.25) is 0 Å². The molecule has 0 aromatic heterocycles. The molecule has 0 aliphatic carbocycles. The van der Waals surface area contributed by atoms with Crippen LogP contribution in [0.3, 0.4) is 0 Å². The van der Waals surface area contributed by atoms with E-state index in [2.05, 4.69) is 5.32 Å². The Morgan fingerprint density at radius 2 is 1.82 bits per heavy atom. The molecule has 2 nitrogen and oxygen atoms in total. The van der Waals surface area contributed by atoms with E-state index in [1.54, 1.807) is 6.07 Å². The van der Waals surface area contributed by atoms with Crippen LogP contribution in [0.2, 0.25) is 5.02 Å². The van der Waals surface area contributed by atoms with Crippen molar-refractivity contribution < 1.29 is 4.79 Å². The van der Waals surface area contributed by atoms with Crippen molar-refractivity contribution in [2.45, 2.75) is 6.04 Å². The maximum absolute atomic E-state index is 11.8. The average molecular weight is 244 g/mol. The number of hydrogen-bond donors (Lipinski definition) is 1. The number of fused-ring (bicyclic) bond motifs is 1. The monoisotopic (exact) mass is 243 g/mol. The predicted molar refractivity (Wildman–Crippen MR) is 67.2 cm³/mol. The van der Waals surface area contributed by atoms with Crippen LogP contribution < -0.4 is 5.32 Å². The molecule has 84 valence electrons. The molecule has 1 unspecified atom stereocenters. The lowest BCUT2D eigenvalue weighted by atomic mass is 9.99. The van der Waals surface area contributed by atoms with Gasteiger partial charge in [0, 0.05) is 10.6 Å². The van der Waals surface area contributed by atoms with Crippen molar-refractivity contribution in [2.75, 3.05) is 0 Å². The van der Waals surface area contributed by atoms with Gasteiger partial charge in [0.05, 0.1) is 6.04 Å². The van der Waals surface area contributed by atoms with Crippen LogP contribution in [0.15, 0.2) is 48.5 Å². The quantitative estimate of drug-likeness (QED) is 0.819. The van der Waals surface area contributed by atoms with E-state index in [0.717, 1.165) is 11.1 Å². The highest BCUT2D eigenvalue weighted by molar-refractivity contribution is 6.31. The van der Waals surface area contributed by atoms with Gasteiger partial charge in [-0.1, -0.05) is 48.0 Å². The third-order valence-corrected chi connectivity index (χ3v) is 3.21. The van der Waals surface area contributed by atoms with Gasteiger partial charge in [-0.3, -0.25) is 4.79 Å². The van der Waals surface area contributed by atoms with Gasteiger partial charge in [0.1, 0.15) is 0 Å². The summed E-state index contributed by atoms with van der Waals surface area (Å²) in [6.07, 6.45) is 0. The Balaban J connectivity index is 2.11. The van der Waals surface area contributed by atoms with Gasteiger partial charge >= 0.3 is 0 Å². The molecule has 1 N–H and O–H groups in total. The fraction of sp³-hybridized carbons (Fsp3) is 0.0714. The van der Waals surface area contributed by atoms with Crippen LogP contribution in [0.25, 0.3) is 0 Å². The SMILES string of the molecule is O=C1NC(c2ccccc2)c2ccc(Cl)cc21. The van der Waals surface area contributed by atoms with E-state index in [1.807, 2.05) is 42.5 Å². The van der Waals surface area contributed by atoms with Crippen molar-refractivity contribution >= 4 is 17.5 Å². The average Bonchev–Trinajstić information content (AvgIpc) is 2.68. The molecule has 1 aliphatic rings. The normalized spacial score (nSPS) is 17.7. The van der Waals surface area contributed by atoms with Gasteiger partial charge in [0.25, 0.3) is 5.91 Å². The minimum Gasteiger partial charge on any atom is -0.341 e. The van der Waals surface area contributed by atoms with Gasteiger partial charge in [-0.05, 0) is 23.3 Å². The molecule has 0 radical (unpaired) electrons. The van der Waals surface area contributed by atoms with Crippen molar-refractivity contribution in [1.82, 2.24) is 5.32 Å². The molecule has 1 aliphatic heterocycles. The molecule has 1 amide bonds. The second-order valence-electron chi connectivity index (χ2n) is 4.05. The van der Waals surface area contributed by atoms with Crippen molar-refractivity contribution in [3.63, 3.8) is 0 Å². The zero-order valence-electron chi connectivity index (χ0n) is 8.98. The number of carbonyl (C=O) groups excluding carboxylic acids is 1. The summed E-state index contributed by atoms with van der Waals surface area (Å²) >= 11 is 5.90. The van der Waals surface area contributed by atoms with Crippen LogP contribution in [0.4, 0.5) is 0 Å². The van der Waals surface area contributed by atoms with Gasteiger partial charge in [-0.2, -0.15) is 0 Å². The fourth-order valence-corrected chi connectivity index (χ4v) is 2.34. The number of nitrogens with one attached hydrogen (secondary N) is 1. The molecule has 0 fully saturated rings. The lowest BCUT2D eigenvalue weighted by Crippen LogP contribution is -2.19. The summed E-state index contributed by atoms with van der Waals surface area (Å²) in [6, 6.07) is 15.3. The molecule has 0 saturated carbocycles. The standard InChI is InChI=1S/C14H10ClNO/c15-10-6-7-11-12(8-10)14(17)16-13(11)9-4-2-1-3-5-9/h1-8,13H,(H,16,17). The molecule has 2 aromatic carbocycles. The Labute approximate surface area is 104 Å². The van der Waals surface area contributed by atoms with Crippen molar-refractivity contribution in [1.29, 1.82) is 0 Å². The fourth-order valence-electron chi connectivity index (χ4n) is 2.17. The van der Waals surface area contributed by atoms with Gasteiger partial charge in [-0.25, -0.2) is 0 Å². The minimum atomic E-state index is -0.0593. The van der Waals surface area contributed by atoms with Crippen molar-refractivity contribution in [2.24, 2.45) is 0 Å². The van der Waals surface area contributed by atoms with E-state index in [-0.39, 0.29) is 11.9 Å². The lowest BCUT2D eigenvalue weighted by molar-refractivity contribution is 0.0960. The third kappa shape index (κ3) is 1.71. The number of halogens is 1. The molecular weight excluding hydrogens is 234 g/mol. The molecule has 1 atom stereocenters. The van der Waals surface area contributed by atoms with Crippen LogP contribution >= 0.6 is 11.6 Å². The van der Waals surface area contributed by atoms with Crippen molar-refractivity contribution in [3.05, 3.63) is 70.2 Å². The number of hydrogen-bond acceptors (Lipinski definition) is 1. The minimum absolute atomic E-state index is 0.0589. The molecule has 0 saturated heterocycles. The first-order valence-corrected chi connectivity index (χ1v) is 5.79. The van der Waals surface area contributed by atoms with Crippen LogP contribution in [0, 0.1) is 0 Å². The smallest absolute Gasteiger partial charge is 0.252 e. The van der Waals surface area contributed by atoms with Crippen LogP contribution in [-0.2, 0) is 0 Å². The maximum Gasteiger partial charge on any atom is 0.252 e. The Kier molecular flexibility index (Phi) is 2.37. The highest BCUT2D eigenvalue weighted by atomic mass is 35.5. The summed E-state index contributed by atoms with van der Waals surface area (Å²) in [5.41, 5.74) is 2.75. The predicted octanol–water partition coefficient (Wildman–Crippen LogP) is 3.17. The molecule has 0 spiro atoms. The summed E-state index contributed by atoms with van der Waals surface area (Å²) in [5, 5.41) is 3.56. The van der Waals surface area contributed by atoms with Gasteiger partial charge in [-0.15, -0.1) is 0 Å². The van der Waals surface area contributed by atoms with E-state index in [0.29, 0.717) is 10.6 Å². The molecule has 3 rings (SSSR count). The highest BCUT2D eigenvalue weighted by Gasteiger charge is 2.29. The second-order valence-corrected chi connectivity index (χ2v) is 4.49. The van der Waals surface area contributed by atoms with E-state index in [4.69, 9.17) is 11.6 Å². The van der Waals surface area contributed by atoms with E-state index in [9.17, 15) is 4.79 Å². The zero-order valence-corrected chi connectivity index (χ0v) is 9.74. The molecule has 17 heavy (non-hydrogen) atoms. The summed E-state index contributed by atoms with van der Waals surface area (Å²) in [6.45, 7) is 0. The largest absolute Gasteiger partial charge is 0.341 e. The Morgan fingerprint density at radius 1 is 1.06 bits per heavy atom. The van der Waals surface area contributed by atoms with Crippen molar-refractivity contribution in [3.8, 4) is 0 Å². The first kappa shape index (κ1) is 10.4. The second kappa shape index (κ2) is 3.90. The number of carbonyl (C=O) groups is 1. The van der Waals surface area contributed by atoms with Gasteiger partial charge < -0.3 is 5.32 Å². The number of amides is 1. The topological polar surface area (TPSA) is 29.1 Å². The molecule has 0 bridgehead atoms. The Morgan fingerprint density at radius 3 is 2.59 bits per heavy atom. The number of rotatable bonds is 1. The van der Waals surface area contributed by atoms with Crippen LogP contribution in [0.5, 0.6) is 0 Å². The zero-order chi connectivity index (χ0) is 11.8. The summed E-state index contributed by atoms with van der Waals surface area (Å²) < 4.78 is 0. The van der Waals surface area contributed by atoms with E-state index < -0.39 is 0 Å². The third-order valence-electron chi connectivity index (χ3n) is 2.98. The Hall–Kier alpha value is -1.80. The summed E-state index contributed by atoms with van der Waals surface area (Å²) in [7, 11) is 0. The molecule has 3 heteroatoms.